The van der Waals surface area contributed by atoms with E-state index >= 15 is 0 Å². The number of hydrogen-bond donors (Lipinski definition) is 1. The maximum Gasteiger partial charge on any atom is 0.165 e. The average molecular weight is 275 g/mol. The molecule has 1 saturated carbocycles. The summed E-state index contributed by atoms with van der Waals surface area (Å²) in [6.45, 7) is 4.75. The molecule has 1 aliphatic heterocycles. The van der Waals surface area contributed by atoms with Crippen LogP contribution in [0, 0.1) is 5.92 Å². The molecule has 3 rings (SSSR count). The summed E-state index contributed by atoms with van der Waals surface area (Å²) in [5, 5.41) is 3.69. The highest BCUT2D eigenvalue weighted by atomic mass is 16.5. The van der Waals surface area contributed by atoms with Crippen LogP contribution in [0.3, 0.4) is 0 Å². The Morgan fingerprint density at radius 3 is 2.75 bits per heavy atom. The average Bonchev–Trinajstić information content (AvgIpc) is 2.72. The van der Waals surface area contributed by atoms with E-state index in [0.29, 0.717) is 6.04 Å². The molecule has 0 spiro atoms. The Labute approximate surface area is 121 Å². The van der Waals surface area contributed by atoms with Gasteiger partial charge in [0.2, 0.25) is 0 Å². The molecular formula is C17H25NO2. The maximum atomic E-state index is 5.87. The normalized spacial score (nSPS) is 26.1. The second-order valence-electron chi connectivity index (χ2n) is 6.13. The van der Waals surface area contributed by atoms with Crippen LogP contribution in [0.1, 0.15) is 44.6 Å². The van der Waals surface area contributed by atoms with Crippen LogP contribution in [0.25, 0.3) is 0 Å². The lowest BCUT2D eigenvalue weighted by molar-refractivity contribution is 0.292. The van der Waals surface area contributed by atoms with Crippen molar-refractivity contribution in [2.45, 2.75) is 51.6 Å². The van der Waals surface area contributed by atoms with Gasteiger partial charge in [-0.2, -0.15) is 0 Å². The third-order valence-electron chi connectivity index (χ3n) is 4.45. The minimum Gasteiger partial charge on any atom is -0.490 e. The van der Waals surface area contributed by atoms with Gasteiger partial charge < -0.3 is 14.8 Å². The number of nitrogens with one attached hydrogen (secondary N) is 1. The molecule has 1 aliphatic carbocycles. The molecule has 0 radical (unpaired) electrons. The highest BCUT2D eigenvalue weighted by Crippen LogP contribution is 2.33. The second kappa shape index (κ2) is 6.49. The Kier molecular flexibility index (Phi) is 4.46. The van der Waals surface area contributed by atoms with Crippen LogP contribution >= 0.6 is 0 Å². The predicted octanol–water partition coefficient (Wildman–Crippen LogP) is 3.52. The van der Waals surface area contributed by atoms with Crippen LogP contribution in [0.15, 0.2) is 18.2 Å². The monoisotopic (exact) mass is 275 g/mol. The van der Waals surface area contributed by atoms with E-state index < -0.39 is 0 Å². The molecule has 0 saturated heterocycles. The van der Waals surface area contributed by atoms with Crippen molar-refractivity contribution in [2.75, 3.05) is 13.2 Å². The second-order valence-corrected chi connectivity index (χ2v) is 6.13. The summed E-state index contributed by atoms with van der Waals surface area (Å²) in [7, 11) is 0. The summed E-state index contributed by atoms with van der Waals surface area (Å²) in [6.07, 6.45) is 6.26. The first-order chi connectivity index (χ1) is 9.83. The Morgan fingerprint density at radius 1 is 1.10 bits per heavy atom. The molecule has 0 unspecified atom stereocenters. The smallest absolute Gasteiger partial charge is 0.165 e. The van der Waals surface area contributed by atoms with E-state index in [1.165, 1.54) is 31.2 Å². The molecule has 1 fully saturated rings. The van der Waals surface area contributed by atoms with Gasteiger partial charge in [0.1, 0.15) is 0 Å². The molecule has 0 atom stereocenters. The van der Waals surface area contributed by atoms with Gasteiger partial charge in [-0.25, -0.2) is 0 Å². The van der Waals surface area contributed by atoms with Crippen LogP contribution in [0.2, 0.25) is 0 Å². The zero-order valence-electron chi connectivity index (χ0n) is 12.4. The van der Waals surface area contributed by atoms with E-state index in [1.807, 2.05) is 6.07 Å². The number of rotatable bonds is 3. The molecule has 0 bridgehead atoms. The summed E-state index contributed by atoms with van der Waals surface area (Å²) in [4.78, 5) is 0. The zero-order chi connectivity index (χ0) is 13.8. The Balaban J connectivity index is 1.62. The van der Waals surface area contributed by atoms with Crippen molar-refractivity contribution in [1.82, 2.24) is 5.32 Å². The minimum absolute atomic E-state index is 0.661. The van der Waals surface area contributed by atoms with E-state index in [4.69, 9.17) is 9.47 Å². The summed E-state index contributed by atoms with van der Waals surface area (Å²) in [6, 6.07) is 6.88. The molecule has 3 nitrogen and oxygen atoms in total. The van der Waals surface area contributed by atoms with Crippen LogP contribution in [-0.2, 0) is 6.54 Å². The number of ether oxygens (including phenoxy) is 2. The van der Waals surface area contributed by atoms with Crippen LogP contribution in [-0.4, -0.2) is 19.3 Å². The molecule has 2 aliphatic rings. The van der Waals surface area contributed by atoms with Crippen molar-refractivity contribution in [3.05, 3.63) is 23.8 Å². The molecule has 1 aromatic carbocycles. The van der Waals surface area contributed by atoms with Crippen LogP contribution in [0.5, 0.6) is 11.5 Å². The Morgan fingerprint density at radius 2 is 1.90 bits per heavy atom. The largest absolute Gasteiger partial charge is 0.490 e. The van der Waals surface area contributed by atoms with Gasteiger partial charge in [0, 0.05) is 24.6 Å². The highest BCUT2D eigenvalue weighted by molar-refractivity contribution is 5.47. The SMILES string of the molecule is CC1CCC(NCc2cccc3c2OCCCO3)CC1. The molecule has 1 N–H and O–H groups in total. The summed E-state index contributed by atoms with van der Waals surface area (Å²) in [5.74, 6) is 2.75. The fourth-order valence-electron chi connectivity index (χ4n) is 3.11. The first-order valence-corrected chi connectivity index (χ1v) is 7.94. The molecular weight excluding hydrogens is 250 g/mol. The Hall–Kier alpha value is -1.22. The van der Waals surface area contributed by atoms with E-state index in [9.17, 15) is 0 Å². The number of benzene rings is 1. The molecule has 110 valence electrons. The van der Waals surface area contributed by atoms with Gasteiger partial charge in [0.15, 0.2) is 11.5 Å². The first kappa shape index (κ1) is 13.7. The zero-order valence-corrected chi connectivity index (χ0v) is 12.4. The molecule has 1 aromatic rings. The lowest BCUT2D eigenvalue weighted by atomic mass is 9.87. The van der Waals surface area contributed by atoms with Gasteiger partial charge in [-0.05, 0) is 37.7 Å². The lowest BCUT2D eigenvalue weighted by Gasteiger charge is -2.27. The van der Waals surface area contributed by atoms with E-state index in [2.05, 4.69) is 24.4 Å². The lowest BCUT2D eigenvalue weighted by Crippen LogP contribution is -2.32. The minimum atomic E-state index is 0.661. The van der Waals surface area contributed by atoms with Crippen LogP contribution in [0.4, 0.5) is 0 Å². The topological polar surface area (TPSA) is 30.5 Å². The van der Waals surface area contributed by atoms with Crippen molar-refractivity contribution in [2.24, 2.45) is 5.92 Å². The third-order valence-corrected chi connectivity index (χ3v) is 4.45. The molecule has 0 amide bonds. The fraction of sp³-hybridized carbons (Fsp3) is 0.647. The summed E-state index contributed by atoms with van der Waals surface area (Å²) >= 11 is 0. The standard InChI is InChI=1S/C17H25NO2/c1-13-6-8-15(9-7-13)18-12-14-4-2-5-16-17(14)20-11-3-10-19-16/h2,4-5,13,15,18H,3,6-12H2,1H3. The van der Waals surface area contributed by atoms with E-state index in [-0.39, 0.29) is 0 Å². The van der Waals surface area contributed by atoms with Crippen molar-refractivity contribution in [3.8, 4) is 11.5 Å². The van der Waals surface area contributed by atoms with Gasteiger partial charge in [-0.3, -0.25) is 0 Å². The van der Waals surface area contributed by atoms with Gasteiger partial charge in [-0.15, -0.1) is 0 Å². The summed E-state index contributed by atoms with van der Waals surface area (Å²) in [5.41, 5.74) is 1.23. The van der Waals surface area contributed by atoms with E-state index in [0.717, 1.165) is 43.6 Å². The number of hydrogen-bond acceptors (Lipinski definition) is 3. The van der Waals surface area contributed by atoms with Gasteiger partial charge in [0.25, 0.3) is 0 Å². The first-order valence-electron chi connectivity index (χ1n) is 7.94. The van der Waals surface area contributed by atoms with Crippen molar-refractivity contribution in [3.63, 3.8) is 0 Å². The molecule has 1 heterocycles. The van der Waals surface area contributed by atoms with E-state index in [1.54, 1.807) is 0 Å². The summed E-state index contributed by atoms with van der Waals surface area (Å²) < 4.78 is 11.6. The predicted molar refractivity (Wildman–Crippen MR) is 80.3 cm³/mol. The number of fused-ring (bicyclic) bond motifs is 1. The maximum absolute atomic E-state index is 5.87. The van der Waals surface area contributed by atoms with Gasteiger partial charge in [0.05, 0.1) is 13.2 Å². The van der Waals surface area contributed by atoms with Crippen molar-refractivity contribution >= 4 is 0 Å². The van der Waals surface area contributed by atoms with Crippen molar-refractivity contribution in [1.29, 1.82) is 0 Å². The third kappa shape index (κ3) is 3.26. The number of para-hydroxylation sites is 1. The Bertz CT molecular complexity index is 439. The molecule has 3 heteroatoms. The van der Waals surface area contributed by atoms with Crippen molar-refractivity contribution < 1.29 is 9.47 Å². The molecule has 20 heavy (non-hydrogen) atoms. The van der Waals surface area contributed by atoms with Crippen LogP contribution < -0.4 is 14.8 Å². The van der Waals surface area contributed by atoms with Gasteiger partial charge in [-0.1, -0.05) is 19.1 Å². The van der Waals surface area contributed by atoms with Gasteiger partial charge >= 0.3 is 0 Å². The fourth-order valence-corrected chi connectivity index (χ4v) is 3.11. The molecule has 0 aromatic heterocycles. The quantitative estimate of drug-likeness (QED) is 0.915. The highest BCUT2D eigenvalue weighted by Gasteiger charge is 2.19.